The van der Waals surface area contributed by atoms with E-state index in [2.05, 4.69) is 43.1 Å². The van der Waals surface area contributed by atoms with Crippen molar-refractivity contribution in [3.8, 4) is 0 Å². The Bertz CT molecular complexity index is 242. The monoisotopic (exact) mass is 239 g/mol. The van der Waals surface area contributed by atoms with Crippen LogP contribution in [0.4, 0.5) is 0 Å². The highest BCUT2D eigenvalue weighted by atomic mass is 15.2. The van der Waals surface area contributed by atoms with E-state index < -0.39 is 0 Å². The molecular formula is C14H29N3. The second kappa shape index (κ2) is 5.68. The summed E-state index contributed by atoms with van der Waals surface area (Å²) in [5, 5.41) is 3.75. The third-order valence-electron chi connectivity index (χ3n) is 4.56. The average Bonchev–Trinajstić information content (AvgIpc) is 2.86. The molecule has 2 heterocycles. The minimum absolute atomic E-state index is 0.675. The van der Waals surface area contributed by atoms with Gasteiger partial charge in [0.15, 0.2) is 0 Å². The second-order valence-electron chi connectivity index (χ2n) is 6.24. The fraction of sp³-hybridized carbons (Fsp3) is 1.00. The lowest BCUT2D eigenvalue weighted by Crippen LogP contribution is -2.44. The average molecular weight is 239 g/mol. The molecule has 4 unspecified atom stereocenters. The quantitative estimate of drug-likeness (QED) is 0.756. The van der Waals surface area contributed by atoms with Gasteiger partial charge in [-0.25, -0.2) is 0 Å². The molecule has 0 aromatic heterocycles. The van der Waals surface area contributed by atoms with Gasteiger partial charge in [-0.2, -0.15) is 0 Å². The highest BCUT2D eigenvalue weighted by Gasteiger charge is 2.39. The predicted octanol–water partition coefficient (Wildman–Crippen LogP) is 1.40. The SMILES string of the molecule is CCN(CC1CC2CCC1N2)C(C)CN(C)C. The molecule has 0 aromatic carbocycles. The van der Waals surface area contributed by atoms with Gasteiger partial charge in [-0.15, -0.1) is 0 Å². The van der Waals surface area contributed by atoms with E-state index in [-0.39, 0.29) is 0 Å². The van der Waals surface area contributed by atoms with E-state index in [4.69, 9.17) is 0 Å². The predicted molar refractivity (Wildman–Crippen MR) is 73.3 cm³/mol. The van der Waals surface area contributed by atoms with Gasteiger partial charge in [0.25, 0.3) is 0 Å². The number of nitrogens with zero attached hydrogens (tertiary/aromatic N) is 2. The molecule has 1 N–H and O–H groups in total. The van der Waals surface area contributed by atoms with Crippen LogP contribution in [0.5, 0.6) is 0 Å². The Kier molecular flexibility index (Phi) is 4.45. The minimum Gasteiger partial charge on any atom is -0.311 e. The third-order valence-corrected chi connectivity index (χ3v) is 4.56. The molecule has 0 aliphatic carbocycles. The van der Waals surface area contributed by atoms with E-state index in [1.165, 1.54) is 38.9 Å². The smallest absolute Gasteiger partial charge is 0.0194 e. The first-order valence-electron chi connectivity index (χ1n) is 7.25. The van der Waals surface area contributed by atoms with Gasteiger partial charge >= 0.3 is 0 Å². The van der Waals surface area contributed by atoms with Gasteiger partial charge in [-0.3, -0.25) is 4.90 Å². The first kappa shape index (κ1) is 13.3. The van der Waals surface area contributed by atoms with Crippen LogP contribution in [0, 0.1) is 5.92 Å². The summed E-state index contributed by atoms with van der Waals surface area (Å²) in [6.45, 7) is 8.31. The Morgan fingerprint density at radius 2 is 2.06 bits per heavy atom. The van der Waals surface area contributed by atoms with Gasteiger partial charge in [0.2, 0.25) is 0 Å². The van der Waals surface area contributed by atoms with E-state index in [0.717, 1.165) is 18.0 Å². The molecule has 0 radical (unpaired) electrons. The number of nitrogens with one attached hydrogen (secondary N) is 1. The maximum absolute atomic E-state index is 3.75. The first-order valence-corrected chi connectivity index (χ1v) is 7.25. The van der Waals surface area contributed by atoms with Crippen LogP contribution in [-0.4, -0.2) is 61.7 Å². The lowest BCUT2D eigenvalue weighted by molar-refractivity contribution is 0.147. The Morgan fingerprint density at radius 3 is 2.53 bits per heavy atom. The van der Waals surface area contributed by atoms with Crippen molar-refractivity contribution < 1.29 is 0 Å². The van der Waals surface area contributed by atoms with Crippen LogP contribution in [0.2, 0.25) is 0 Å². The van der Waals surface area contributed by atoms with Crippen LogP contribution in [0.25, 0.3) is 0 Å². The molecule has 2 aliphatic heterocycles. The lowest BCUT2D eigenvalue weighted by Gasteiger charge is -2.34. The van der Waals surface area contributed by atoms with Crippen molar-refractivity contribution in [3.05, 3.63) is 0 Å². The first-order chi connectivity index (χ1) is 8.10. The van der Waals surface area contributed by atoms with Crippen LogP contribution >= 0.6 is 0 Å². The molecular weight excluding hydrogens is 210 g/mol. The summed E-state index contributed by atoms with van der Waals surface area (Å²) in [6.07, 6.45) is 4.24. The van der Waals surface area contributed by atoms with E-state index in [0.29, 0.717) is 6.04 Å². The van der Waals surface area contributed by atoms with Crippen LogP contribution in [0.15, 0.2) is 0 Å². The highest BCUT2D eigenvalue weighted by Crippen LogP contribution is 2.33. The van der Waals surface area contributed by atoms with Crippen molar-refractivity contribution >= 4 is 0 Å². The minimum atomic E-state index is 0.675. The van der Waals surface area contributed by atoms with Crippen molar-refractivity contribution in [2.45, 2.75) is 51.2 Å². The molecule has 4 atom stereocenters. The zero-order chi connectivity index (χ0) is 12.4. The Morgan fingerprint density at radius 1 is 1.29 bits per heavy atom. The lowest BCUT2D eigenvalue weighted by atomic mass is 9.88. The molecule has 0 spiro atoms. The normalized spacial score (nSPS) is 33.9. The molecule has 2 saturated heterocycles. The number of fused-ring (bicyclic) bond motifs is 2. The topological polar surface area (TPSA) is 18.5 Å². The second-order valence-corrected chi connectivity index (χ2v) is 6.24. The van der Waals surface area contributed by atoms with Crippen LogP contribution < -0.4 is 5.32 Å². The molecule has 3 heteroatoms. The fourth-order valence-corrected chi connectivity index (χ4v) is 3.71. The maximum Gasteiger partial charge on any atom is 0.0194 e. The molecule has 0 aromatic rings. The maximum atomic E-state index is 3.75. The number of likely N-dealkylation sites (N-methyl/N-ethyl adjacent to an activating group) is 2. The Hall–Kier alpha value is -0.120. The van der Waals surface area contributed by atoms with E-state index in [1.54, 1.807) is 0 Å². The van der Waals surface area contributed by atoms with E-state index >= 15 is 0 Å². The van der Waals surface area contributed by atoms with Crippen molar-refractivity contribution in [1.29, 1.82) is 0 Å². The van der Waals surface area contributed by atoms with E-state index in [9.17, 15) is 0 Å². The summed E-state index contributed by atoms with van der Waals surface area (Å²) in [4.78, 5) is 4.96. The standard InChI is InChI=1S/C14H29N3/c1-5-17(11(2)9-16(3)4)10-12-8-13-6-7-14(12)15-13/h11-15H,5-10H2,1-4H3. The Labute approximate surface area is 107 Å². The number of hydrogen-bond donors (Lipinski definition) is 1. The van der Waals surface area contributed by atoms with Crippen molar-refractivity contribution in [2.24, 2.45) is 5.92 Å². The summed E-state index contributed by atoms with van der Waals surface area (Å²) in [5.74, 6) is 0.901. The molecule has 100 valence electrons. The summed E-state index contributed by atoms with van der Waals surface area (Å²) in [7, 11) is 4.34. The van der Waals surface area contributed by atoms with E-state index in [1.807, 2.05) is 0 Å². The zero-order valence-corrected chi connectivity index (χ0v) is 11.9. The van der Waals surface area contributed by atoms with Gasteiger partial charge in [-0.1, -0.05) is 6.92 Å². The number of rotatable bonds is 6. The molecule has 2 aliphatic rings. The molecule has 3 nitrogen and oxygen atoms in total. The van der Waals surface area contributed by atoms with Gasteiger partial charge in [-0.05, 0) is 52.7 Å². The van der Waals surface area contributed by atoms with Crippen LogP contribution in [0.3, 0.4) is 0 Å². The summed E-state index contributed by atoms with van der Waals surface area (Å²) in [6, 6.07) is 2.34. The van der Waals surface area contributed by atoms with Gasteiger partial charge in [0.1, 0.15) is 0 Å². The van der Waals surface area contributed by atoms with Crippen molar-refractivity contribution in [2.75, 3.05) is 33.7 Å². The molecule has 0 amide bonds. The zero-order valence-electron chi connectivity index (χ0n) is 11.9. The van der Waals surface area contributed by atoms with Gasteiger partial charge < -0.3 is 10.2 Å². The fourth-order valence-electron chi connectivity index (χ4n) is 3.71. The van der Waals surface area contributed by atoms with Crippen LogP contribution in [-0.2, 0) is 0 Å². The van der Waals surface area contributed by atoms with Crippen molar-refractivity contribution in [1.82, 2.24) is 15.1 Å². The molecule has 2 bridgehead atoms. The molecule has 0 saturated carbocycles. The summed E-state index contributed by atoms with van der Waals surface area (Å²) >= 11 is 0. The largest absolute Gasteiger partial charge is 0.311 e. The summed E-state index contributed by atoms with van der Waals surface area (Å²) in [5.41, 5.74) is 0. The van der Waals surface area contributed by atoms with Crippen molar-refractivity contribution in [3.63, 3.8) is 0 Å². The molecule has 17 heavy (non-hydrogen) atoms. The van der Waals surface area contributed by atoms with Gasteiger partial charge in [0, 0.05) is 31.2 Å². The van der Waals surface area contributed by atoms with Gasteiger partial charge in [0.05, 0.1) is 0 Å². The van der Waals surface area contributed by atoms with Crippen LogP contribution in [0.1, 0.15) is 33.1 Å². The number of hydrogen-bond acceptors (Lipinski definition) is 3. The highest BCUT2D eigenvalue weighted by molar-refractivity contribution is 4.98. The molecule has 2 fully saturated rings. The third kappa shape index (κ3) is 3.21. The summed E-state index contributed by atoms with van der Waals surface area (Å²) < 4.78 is 0. The molecule has 2 rings (SSSR count). The Balaban J connectivity index is 1.82.